The number of methoxy groups -OCH3 is 1. The van der Waals surface area contributed by atoms with E-state index in [1.54, 1.807) is 7.11 Å². The van der Waals surface area contributed by atoms with Gasteiger partial charge in [0, 0.05) is 18.7 Å². The van der Waals surface area contributed by atoms with Gasteiger partial charge in [0.15, 0.2) is 0 Å². The Bertz CT molecular complexity index is 468. The van der Waals surface area contributed by atoms with Gasteiger partial charge in [0.05, 0.1) is 18.6 Å². The third-order valence-corrected chi connectivity index (χ3v) is 3.69. The van der Waals surface area contributed by atoms with Gasteiger partial charge in [0.2, 0.25) is 5.91 Å². The molecule has 2 atom stereocenters. The Morgan fingerprint density at radius 3 is 2.30 bits per heavy atom. The molecule has 0 aliphatic rings. The molecule has 1 rings (SSSR count). The molecule has 0 fully saturated rings. The van der Waals surface area contributed by atoms with E-state index in [1.807, 2.05) is 24.3 Å². The Labute approximate surface area is 150 Å². The van der Waals surface area contributed by atoms with E-state index < -0.39 is 0 Å². The number of nitrogens with one attached hydrogen (secondary N) is 1. The third-order valence-electron chi connectivity index (χ3n) is 3.43. The highest BCUT2D eigenvalue weighted by molar-refractivity contribution is 6.30. The molecule has 0 radical (unpaired) electrons. The average molecular weight is 363 g/mol. The van der Waals surface area contributed by atoms with Gasteiger partial charge in [-0.15, -0.1) is 12.4 Å². The number of carbonyl (C=O) groups excluding carboxylic acids is 1. The highest BCUT2D eigenvalue weighted by Gasteiger charge is 2.23. The first-order chi connectivity index (χ1) is 10.2. The van der Waals surface area contributed by atoms with Gasteiger partial charge in [-0.05, 0) is 29.5 Å². The van der Waals surface area contributed by atoms with Crippen LogP contribution in [0.2, 0.25) is 5.02 Å². The van der Waals surface area contributed by atoms with Crippen LogP contribution in [0.5, 0.6) is 0 Å². The minimum absolute atomic E-state index is 0. The molecule has 4 nitrogen and oxygen atoms in total. The smallest absolute Gasteiger partial charge is 0.223 e. The minimum Gasteiger partial charge on any atom is -0.380 e. The van der Waals surface area contributed by atoms with Gasteiger partial charge >= 0.3 is 0 Å². The molecule has 23 heavy (non-hydrogen) atoms. The zero-order chi connectivity index (χ0) is 16.8. The maximum absolute atomic E-state index is 12.2. The van der Waals surface area contributed by atoms with Crippen LogP contribution in [0.1, 0.15) is 45.2 Å². The second-order valence-electron chi connectivity index (χ2n) is 6.73. The van der Waals surface area contributed by atoms with Crippen molar-refractivity contribution in [2.45, 2.75) is 45.8 Å². The number of rotatable bonds is 7. The average Bonchev–Trinajstić information content (AvgIpc) is 2.43. The quantitative estimate of drug-likeness (QED) is 0.776. The van der Waals surface area contributed by atoms with Gasteiger partial charge in [0.1, 0.15) is 0 Å². The molecule has 1 aromatic carbocycles. The molecule has 3 N–H and O–H groups in total. The second-order valence-corrected chi connectivity index (χ2v) is 7.17. The topological polar surface area (TPSA) is 64.3 Å². The van der Waals surface area contributed by atoms with Crippen molar-refractivity contribution in [3.8, 4) is 0 Å². The van der Waals surface area contributed by atoms with E-state index in [4.69, 9.17) is 22.1 Å². The summed E-state index contributed by atoms with van der Waals surface area (Å²) >= 11 is 5.94. The molecule has 0 bridgehead atoms. The standard InChI is InChI=1S/C17H27ClN2O2.ClH/c1-17(2,3)10-15(12-5-7-13(18)8-6-12)20-16(21)9-14(11-19)22-4;/h5-8,14-15H,9-11,19H2,1-4H3,(H,20,21);1H. The maximum atomic E-state index is 12.2. The molecular weight excluding hydrogens is 335 g/mol. The van der Waals surface area contributed by atoms with Crippen LogP contribution in [0, 0.1) is 5.41 Å². The summed E-state index contributed by atoms with van der Waals surface area (Å²) in [6.07, 6.45) is 0.850. The van der Waals surface area contributed by atoms with Crippen molar-refractivity contribution in [1.29, 1.82) is 0 Å². The largest absolute Gasteiger partial charge is 0.380 e. The van der Waals surface area contributed by atoms with Crippen LogP contribution in [0.25, 0.3) is 0 Å². The van der Waals surface area contributed by atoms with Gasteiger partial charge in [-0.3, -0.25) is 4.79 Å². The zero-order valence-electron chi connectivity index (χ0n) is 14.3. The van der Waals surface area contributed by atoms with E-state index in [2.05, 4.69) is 26.1 Å². The summed E-state index contributed by atoms with van der Waals surface area (Å²) in [4.78, 5) is 12.2. The number of hydrogen-bond acceptors (Lipinski definition) is 3. The van der Waals surface area contributed by atoms with E-state index in [1.165, 1.54) is 0 Å². The van der Waals surface area contributed by atoms with Gasteiger partial charge in [-0.2, -0.15) is 0 Å². The van der Waals surface area contributed by atoms with Crippen LogP contribution < -0.4 is 11.1 Å². The number of hydrogen-bond donors (Lipinski definition) is 2. The number of benzene rings is 1. The number of halogens is 2. The van der Waals surface area contributed by atoms with Crippen molar-refractivity contribution in [1.82, 2.24) is 5.32 Å². The molecule has 0 aliphatic heterocycles. The molecule has 0 saturated carbocycles. The van der Waals surface area contributed by atoms with Crippen molar-refractivity contribution >= 4 is 29.9 Å². The van der Waals surface area contributed by atoms with E-state index in [0.29, 0.717) is 11.6 Å². The van der Waals surface area contributed by atoms with Crippen LogP contribution in [0.15, 0.2) is 24.3 Å². The molecule has 132 valence electrons. The lowest BCUT2D eigenvalue weighted by Gasteiger charge is -2.28. The Hall–Kier alpha value is -0.810. The fourth-order valence-electron chi connectivity index (χ4n) is 2.28. The van der Waals surface area contributed by atoms with Crippen molar-refractivity contribution in [3.63, 3.8) is 0 Å². The zero-order valence-corrected chi connectivity index (χ0v) is 15.8. The van der Waals surface area contributed by atoms with E-state index in [0.717, 1.165) is 12.0 Å². The van der Waals surface area contributed by atoms with Gasteiger partial charge in [0.25, 0.3) is 0 Å². The maximum Gasteiger partial charge on any atom is 0.223 e. The van der Waals surface area contributed by atoms with Crippen LogP contribution in [0.4, 0.5) is 0 Å². The second kappa shape index (κ2) is 10.1. The molecule has 1 aromatic rings. The van der Waals surface area contributed by atoms with Crippen molar-refractivity contribution in [2.24, 2.45) is 11.1 Å². The molecule has 0 aromatic heterocycles. The van der Waals surface area contributed by atoms with Crippen molar-refractivity contribution in [2.75, 3.05) is 13.7 Å². The highest BCUT2D eigenvalue weighted by Crippen LogP contribution is 2.30. The first-order valence-electron chi connectivity index (χ1n) is 7.53. The van der Waals surface area contributed by atoms with E-state index in [9.17, 15) is 4.79 Å². The Morgan fingerprint density at radius 2 is 1.87 bits per heavy atom. The van der Waals surface area contributed by atoms with Crippen LogP contribution >= 0.6 is 24.0 Å². The highest BCUT2D eigenvalue weighted by atomic mass is 35.5. The van der Waals surface area contributed by atoms with Gasteiger partial charge in [-0.1, -0.05) is 44.5 Å². The molecule has 0 saturated heterocycles. The van der Waals surface area contributed by atoms with Gasteiger partial charge < -0.3 is 15.8 Å². The third kappa shape index (κ3) is 8.56. The van der Waals surface area contributed by atoms with Crippen molar-refractivity contribution < 1.29 is 9.53 Å². The molecule has 1 amide bonds. The lowest BCUT2D eigenvalue weighted by atomic mass is 9.85. The molecular formula is C17H28Cl2N2O2. The Balaban J connectivity index is 0.00000484. The van der Waals surface area contributed by atoms with Crippen LogP contribution in [0.3, 0.4) is 0 Å². The molecule has 0 aliphatic carbocycles. The summed E-state index contributed by atoms with van der Waals surface area (Å²) in [5.74, 6) is -0.0542. The summed E-state index contributed by atoms with van der Waals surface area (Å²) in [6.45, 7) is 6.79. The summed E-state index contributed by atoms with van der Waals surface area (Å²) < 4.78 is 5.17. The molecule has 0 spiro atoms. The summed E-state index contributed by atoms with van der Waals surface area (Å²) in [5.41, 5.74) is 6.71. The fourth-order valence-corrected chi connectivity index (χ4v) is 2.41. The monoisotopic (exact) mass is 362 g/mol. The first kappa shape index (κ1) is 22.2. The predicted octanol–water partition coefficient (Wildman–Crippen LogP) is 3.72. The van der Waals surface area contributed by atoms with E-state index in [-0.39, 0.29) is 42.3 Å². The predicted molar refractivity (Wildman–Crippen MR) is 98.1 cm³/mol. The van der Waals surface area contributed by atoms with Crippen LogP contribution in [-0.4, -0.2) is 25.7 Å². The van der Waals surface area contributed by atoms with E-state index >= 15 is 0 Å². The fraction of sp³-hybridized carbons (Fsp3) is 0.588. The number of carbonyl (C=O) groups is 1. The van der Waals surface area contributed by atoms with Crippen LogP contribution in [-0.2, 0) is 9.53 Å². The summed E-state index contributed by atoms with van der Waals surface area (Å²) in [5, 5.41) is 3.78. The van der Waals surface area contributed by atoms with Gasteiger partial charge in [-0.25, -0.2) is 0 Å². The number of amides is 1. The molecule has 6 heteroatoms. The molecule has 0 heterocycles. The number of nitrogens with two attached hydrogens (primary N) is 1. The normalized spacial score (nSPS) is 13.8. The molecule has 2 unspecified atom stereocenters. The minimum atomic E-state index is -0.250. The Morgan fingerprint density at radius 1 is 1.30 bits per heavy atom. The lowest BCUT2D eigenvalue weighted by Crippen LogP contribution is -2.35. The lowest BCUT2D eigenvalue weighted by molar-refractivity contribution is -0.124. The Kier molecular flexibility index (Phi) is 9.78. The summed E-state index contributed by atoms with van der Waals surface area (Å²) in [7, 11) is 1.57. The number of ether oxygens (including phenoxy) is 1. The summed E-state index contributed by atoms with van der Waals surface area (Å²) in [6, 6.07) is 7.54. The van der Waals surface area contributed by atoms with Crippen molar-refractivity contribution in [3.05, 3.63) is 34.9 Å². The first-order valence-corrected chi connectivity index (χ1v) is 7.90. The SMILES string of the molecule is COC(CN)CC(=O)NC(CC(C)(C)C)c1ccc(Cl)cc1.Cl.